The van der Waals surface area contributed by atoms with Crippen LogP contribution in [0.15, 0.2) is 12.2 Å². The van der Waals surface area contributed by atoms with E-state index < -0.39 is 0 Å². The van der Waals surface area contributed by atoms with Crippen molar-refractivity contribution < 1.29 is 0 Å². The van der Waals surface area contributed by atoms with Crippen LogP contribution < -0.4 is 11.1 Å². The number of nitrogens with two attached hydrogens (primary N) is 1. The first kappa shape index (κ1) is 14.7. The molecule has 0 amide bonds. The summed E-state index contributed by atoms with van der Waals surface area (Å²) in [7, 11) is 1.96. The van der Waals surface area contributed by atoms with Gasteiger partial charge in [-0.05, 0) is 38.8 Å². The van der Waals surface area contributed by atoms with E-state index in [1.54, 1.807) is 0 Å². The van der Waals surface area contributed by atoms with Gasteiger partial charge in [-0.25, -0.2) is 0 Å². The molecule has 0 bridgehead atoms. The third-order valence-electron chi connectivity index (χ3n) is 2.94. The molecular formula is C13H28N2. The molecule has 0 radical (unpaired) electrons. The molecule has 15 heavy (non-hydrogen) atoms. The molecule has 0 heterocycles. The summed E-state index contributed by atoms with van der Waals surface area (Å²) in [4.78, 5) is 0. The summed E-state index contributed by atoms with van der Waals surface area (Å²) in [5.74, 6) is 0.749. The average Bonchev–Trinajstić information content (AvgIpc) is 2.31. The maximum Gasteiger partial charge on any atom is 0.0136 e. The Labute approximate surface area is 95.3 Å². The van der Waals surface area contributed by atoms with Crippen molar-refractivity contribution in [3.63, 3.8) is 0 Å². The minimum atomic E-state index is 0.685. The van der Waals surface area contributed by atoms with Crippen LogP contribution in [0.25, 0.3) is 0 Å². The molecule has 1 fully saturated rings. The Balaban J connectivity index is 0.000000336. The van der Waals surface area contributed by atoms with E-state index in [4.69, 9.17) is 5.73 Å². The minimum absolute atomic E-state index is 0.685. The van der Waals surface area contributed by atoms with Gasteiger partial charge in [-0.1, -0.05) is 38.3 Å². The van der Waals surface area contributed by atoms with E-state index in [9.17, 15) is 0 Å². The van der Waals surface area contributed by atoms with Crippen LogP contribution in [0.4, 0.5) is 0 Å². The highest BCUT2D eigenvalue weighted by Crippen LogP contribution is 2.27. The van der Waals surface area contributed by atoms with Crippen LogP contribution >= 0.6 is 0 Å². The number of nitrogens with one attached hydrogen (secondary N) is 1. The molecule has 1 aliphatic carbocycles. The van der Waals surface area contributed by atoms with Crippen molar-refractivity contribution in [1.82, 2.24) is 5.32 Å². The number of hydrogen-bond donors (Lipinski definition) is 2. The third-order valence-corrected chi connectivity index (χ3v) is 2.94. The van der Waals surface area contributed by atoms with Gasteiger partial charge in [0.1, 0.15) is 0 Å². The smallest absolute Gasteiger partial charge is 0.0136 e. The zero-order chi connectivity index (χ0) is 11.5. The lowest BCUT2D eigenvalue weighted by molar-refractivity contribution is 0.400. The first-order valence-corrected chi connectivity index (χ1v) is 6.28. The maximum absolute atomic E-state index is 5.50. The summed E-state index contributed by atoms with van der Waals surface area (Å²) in [6.45, 7) is 7.95. The summed E-state index contributed by atoms with van der Waals surface area (Å²) >= 11 is 0. The van der Waals surface area contributed by atoms with Gasteiger partial charge in [0.15, 0.2) is 0 Å². The van der Waals surface area contributed by atoms with Crippen LogP contribution in [-0.2, 0) is 0 Å². The topological polar surface area (TPSA) is 38.0 Å². The second-order valence-corrected chi connectivity index (χ2v) is 4.30. The van der Waals surface area contributed by atoms with Crippen molar-refractivity contribution in [2.24, 2.45) is 11.7 Å². The van der Waals surface area contributed by atoms with Crippen molar-refractivity contribution in [3.05, 3.63) is 12.2 Å². The molecule has 0 aliphatic heterocycles. The molecule has 0 unspecified atom stereocenters. The molecule has 2 heteroatoms. The second-order valence-electron chi connectivity index (χ2n) is 4.30. The van der Waals surface area contributed by atoms with Crippen molar-refractivity contribution in [2.75, 3.05) is 20.1 Å². The molecule has 0 aromatic carbocycles. The molecule has 0 atom stereocenters. The summed E-state index contributed by atoms with van der Waals surface area (Å²) in [6.07, 6.45) is 8.06. The Morgan fingerprint density at radius 1 is 1.33 bits per heavy atom. The van der Waals surface area contributed by atoms with Gasteiger partial charge >= 0.3 is 0 Å². The lowest BCUT2D eigenvalue weighted by Crippen LogP contribution is -2.14. The SMILES string of the molecule is C=C(CN)C1CCCCC1.CCCNC. The van der Waals surface area contributed by atoms with Crippen molar-refractivity contribution in [3.8, 4) is 0 Å². The van der Waals surface area contributed by atoms with E-state index in [0.717, 1.165) is 12.5 Å². The lowest BCUT2D eigenvalue weighted by Gasteiger charge is -2.22. The van der Waals surface area contributed by atoms with Gasteiger partial charge in [0, 0.05) is 6.54 Å². The largest absolute Gasteiger partial charge is 0.327 e. The highest BCUT2D eigenvalue weighted by molar-refractivity contribution is 5.02. The van der Waals surface area contributed by atoms with E-state index in [2.05, 4.69) is 18.8 Å². The predicted octanol–water partition coefficient (Wildman–Crippen LogP) is 2.70. The highest BCUT2D eigenvalue weighted by atomic mass is 14.8. The highest BCUT2D eigenvalue weighted by Gasteiger charge is 2.14. The second kappa shape index (κ2) is 10.2. The molecule has 1 aliphatic rings. The minimum Gasteiger partial charge on any atom is -0.327 e. The number of hydrogen-bond acceptors (Lipinski definition) is 2. The predicted molar refractivity (Wildman–Crippen MR) is 69.0 cm³/mol. The van der Waals surface area contributed by atoms with E-state index in [1.165, 1.54) is 44.1 Å². The first-order valence-electron chi connectivity index (χ1n) is 6.28. The summed E-state index contributed by atoms with van der Waals surface area (Å²) in [5, 5.41) is 3.02. The Kier molecular flexibility index (Phi) is 9.96. The van der Waals surface area contributed by atoms with Gasteiger partial charge in [0.05, 0.1) is 0 Å². The molecule has 1 saturated carbocycles. The van der Waals surface area contributed by atoms with Crippen molar-refractivity contribution in [2.45, 2.75) is 45.4 Å². The monoisotopic (exact) mass is 212 g/mol. The fourth-order valence-electron chi connectivity index (χ4n) is 1.93. The van der Waals surface area contributed by atoms with Crippen LogP contribution in [0.3, 0.4) is 0 Å². The molecule has 2 nitrogen and oxygen atoms in total. The average molecular weight is 212 g/mol. The Hall–Kier alpha value is -0.340. The lowest BCUT2D eigenvalue weighted by atomic mass is 9.84. The summed E-state index contributed by atoms with van der Waals surface area (Å²) in [5.41, 5.74) is 6.77. The van der Waals surface area contributed by atoms with Gasteiger partial charge in [0.2, 0.25) is 0 Å². The standard InChI is InChI=1S/C9H17N.C4H11N/c1-8(7-10)9-5-3-2-4-6-9;1-3-4-5-2/h9H,1-7,10H2;5H,3-4H2,1-2H3. The summed E-state index contributed by atoms with van der Waals surface area (Å²) < 4.78 is 0. The molecule has 0 aromatic rings. The summed E-state index contributed by atoms with van der Waals surface area (Å²) in [6, 6.07) is 0. The van der Waals surface area contributed by atoms with Crippen LogP contribution in [0.5, 0.6) is 0 Å². The van der Waals surface area contributed by atoms with E-state index in [-0.39, 0.29) is 0 Å². The third kappa shape index (κ3) is 7.57. The molecule has 1 rings (SSSR count). The maximum atomic E-state index is 5.50. The first-order chi connectivity index (χ1) is 7.26. The Bertz CT molecular complexity index is 147. The molecule has 0 spiro atoms. The molecule has 0 saturated heterocycles. The molecule has 3 N–H and O–H groups in total. The molecule has 90 valence electrons. The van der Waals surface area contributed by atoms with Gasteiger partial charge in [-0.3, -0.25) is 0 Å². The Morgan fingerprint density at radius 2 is 1.93 bits per heavy atom. The van der Waals surface area contributed by atoms with E-state index in [1.807, 2.05) is 7.05 Å². The van der Waals surface area contributed by atoms with Crippen LogP contribution in [0.1, 0.15) is 45.4 Å². The van der Waals surface area contributed by atoms with Crippen LogP contribution in [0, 0.1) is 5.92 Å². The Morgan fingerprint density at radius 3 is 2.27 bits per heavy atom. The zero-order valence-electron chi connectivity index (χ0n) is 10.5. The van der Waals surface area contributed by atoms with Gasteiger partial charge < -0.3 is 11.1 Å². The van der Waals surface area contributed by atoms with E-state index in [0.29, 0.717) is 6.54 Å². The van der Waals surface area contributed by atoms with E-state index >= 15 is 0 Å². The van der Waals surface area contributed by atoms with Gasteiger partial charge in [0.25, 0.3) is 0 Å². The van der Waals surface area contributed by atoms with Crippen LogP contribution in [-0.4, -0.2) is 20.1 Å². The van der Waals surface area contributed by atoms with Gasteiger partial charge in [-0.15, -0.1) is 0 Å². The molecular weight excluding hydrogens is 184 g/mol. The normalized spacial score (nSPS) is 16.7. The van der Waals surface area contributed by atoms with Crippen molar-refractivity contribution >= 4 is 0 Å². The quantitative estimate of drug-likeness (QED) is 0.703. The van der Waals surface area contributed by atoms with Gasteiger partial charge in [-0.2, -0.15) is 0 Å². The zero-order valence-corrected chi connectivity index (χ0v) is 10.5. The fourth-order valence-corrected chi connectivity index (χ4v) is 1.93. The van der Waals surface area contributed by atoms with Crippen LogP contribution in [0.2, 0.25) is 0 Å². The fraction of sp³-hybridized carbons (Fsp3) is 0.846. The molecule has 0 aromatic heterocycles. The van der Waals surface area contributed by atoms with Crippen molar-refractivity contribution in [1.29, 1.82) is 0 Å². The number of rotatable bonds is 4.